The van der Waals surface area contributed by atoms with Gasteiger partial charge in [0, 0.05) is 12.1 Å². The van der Waals surface area contributed by atoms with Crippen molar-refractivity contribution in [3.63, 3.8) is 0 Å². The normalized spacial score (nSPS) is 14.9. The first-order valence-electron chi connectivity index (χ1n) is 10.5. The molecular weight excluding hydrogens is 447 g/mol. The van der Waals surface area contributed by atoms with Crippen LogP contribution in [0.5, 0.6) is 28.7 Å². The molecule has 0 aliphatic heterocycles. The predicted molar refractivity (Wildman–Crippen MR) is 123 cm³/mol. The zero-order valence-electron chi connectivity index (χ0n) is 19.4. The summed E-state index contributed by atoms with van der Waals surface area (Å²) in [5, 5.41) is -1.40. The topological polar surface area (TPSA) is 97.4 Å². The Bertz CT molecular complexity index is 1020. The van der Waals surface area contributed by atoms with Crippen molar-refractivity contribution in [2.24, 2.45) is 0 Å². The number of ketones is 1. The van der Waals surface area contributed by atoms with E-state index in [1.54, 1.807) is 30.3 Å². The summed E-state index contributed by atoms with van der Waals surface area (Å²) >= 11 is 0. The van der Waals surface area contributed by atoms with Crippen LogP contribution in [-0.2, 0) is 4.57 Å². The molecule has 0 heterocycles. The summed E-state index contributed by atoms with van der Waals surface area (Å²) in [4.78, 5) is 27.6. The van der Waals surface area contributed by atoms with Gasteiger partial charge < -0.3 is 23.7 Å². The molecule has 33 heavy (non-hydrogen) atoms. The Morgan fingerprint density at radius 2 is 1.24 bits per heavy atom. The molecule has 2 aromatic carbocycles. The van der Waals surface area contributed by atoms with Gasteiger partial charge in [0.2, 0.25) is 5.52 Å². The first-order chi connectivity index (χ1) is 15.9. The van der Waals surface area contributed by atoms with Gasteiger partial charge in [-0.05, 0) is 25.0 Å². The molecule has 2 aromatic rings. The average Bonchev–Trinajstić information content (AvgIpc) is 3.37. The van der Waals surface area contributed by atoms with Crippen LogP contribution < -0.4 is 23.7 Å². The quantitative estimate of drug-likeness (QED) is 0.354. The van der Waals surface area contributed by atoms with Gasteiger partial charge in [-0.1, -0.05) is 18.9 Å². The van der Waals surface area contributed by atoms with Gasteiger partial charge in [0.05, 0.1) is 35.5 Å². The second kappa shape index (κ2) is 10.2. The molecule has 9 heteroatoms. The first kappa shape index (κ1) is 24.5. The van der Waals surface area contributed by atoms with Gasteiger partial charge in [0.15, 0.2) is 13.6 Å². The minimum Gasteiger partial charge on any atom is -0.496 e. The molecule has 0 spiro atoms. The summed E-state index contributed by atoms with van der Waals surface area (Å²) < 4.78 is 40.7. The van der Waals surface area contributed by atoms with Gasteiger partial charge in [-0.2, -0.15) is 0 Å². The SMILES string of the molecule is COc1cc(OC)c(C(=O)C2([P](=O)C(=O)c3c(OC)cccc3OC)CCCC2)c(OC)c1. The van der Waals surface area contributed by atoms with Crippen LogP contribution in [0, 0.1) is 0 Å². The van der Waals surface area contributed by atoms with Gasteiger partial charge in [0.25, 0.3) is 0 Å². The Balaban J connectivity index is 2.14. The van der Waals surface area contributed by atoms with E-state index in [0.717, 1.165) is 0 Å². The molecule has 1 fully saturated rings. The standard InChI is InChI=1S/C24H28O8P/c1-28-15-13-18(31-4)20(19(14-15)32-5)22(25)24(11-6-7-12-24)33(27)23(26)21-16(29-2)9-8-10-17(21)30-3/h8-10,13-14H,6-7,11-12H2,1-5H3. The Hall–Kier alpha value is -3.12. The van der Waals surface area contributed by atoms with Crippen molar-refractivity contribution in [1.82, 2.24) is 0 Å². The van der Waals surface area contributed by atoms with Gasteiger partial charge >= 0.3 is 0 Å². The molecular formula is C24H28O8P. The number of hydrogen-bond donors (Lipinski definition) is 0. The Morgan fingerprint density at radius 1 is 0.758 bits per heavy atom. The summed E-state index contributed by atoms with van der Waals surface area (Å²) in [6.45, 7) is 0. The zero-order valence-corrected chi connectivity index (χ0v) is 20.3. The van der Waals surface area contributed by atoms with Gasteiger partial charge in [-0.15, -0.1) is 0 Å². The second-order valence-corrected chi connectivity index (χ2v) is 9.46. The molecule has 1 aliphatic carbocycles. The fourth-order valence-electron chi connectivity index (χ4n) is 4.30. The third-order valence-corrected chi connectivity index (χ3v) is 8.03. The van der Waals surface area contributed by atoms with Crippen LogP contribution in [0.25, 0.3) is 0 Å². The maximum atomic E-state index is 14.0. The summed E-state index contributed by atoms with van der Waals surface area (Å²) in [6.07, 6.45) is 1.96. The third kappa shape index (κ3) is 4.27. The van der Waals surface area contributed by atoms with Gasteiger partial charge in [-0.3, -0.25) is 14.2 Å². The van der Waals surface area contributed by atoms with E-state index in [4.69, 9.17) is 23.7 Å². The Kier molecular flexibility index (Phi) is 7.59. The van der Waals surface area contributed by atoms with Gasteiger partial charge in [-0.25, -0.2) is 0 Å². The van der Waals surface area contributed by atoms with E-state index >= 15 is 0 Å². The number of ether oxygens (including phenoxy) is 5. The monoisotopic (exact) mass is 475 g/mol. The van der Waals surface area contributed by atoms with E-state index in [-0.39, 0.29) is 34.1 Å². The Morgan fingerprint density at radius 3 is 1.67 bits per heavy atom. The van der Waals surface area contributed by atoms with Crippen molar-refractivity contribution in [3.8, 4) is 28.7 Å². The fourth-order valence-corrected chi connectivity index (χ4v) is 6.13. The van der Waals surface area contributed by atoms with Crippen LogP contribution in [0.15, 0.2) is 30.3 Å². The molecule has 0 N–H and O–H groups in total. The van der Waals surface area contributed by atoms with E-state index < -0.39 is 24.3 Å². The molecule has 1 radical (unpaired) electrons. The van der Waals surface area contributed by atoms with Crippen LogP contribution in [0.4, 0.5) is 0 Å². The molecule has 0 aromatic heterocycles. The minimum absolute atomic E-state index is 0.0661. The van der Waals surface area contributed by atoms with Crippen LogP contribution in [0.1, 0.15) is 46.4 Å². The molecule has 1 aliphatic rings. The molecule has 1 atom stereocenters. The molecule has 0 bridgehead atoms. The minimum atomic E-state index is -2.70. The van der Waals surface area contributed by atoms with Crippen molar-refractivity contribution < 1.29 is 37.8 Å². The summed E-state index contributed by atoms with van der Waals surface area (Å²) in [7, 11) is 4.49. The molecule has 8 nitrogen and oxygen atoms in total. The largest absolute Gasteiger partial charge is 0.496 e. The van der Waals surface area contributed by atoms with Crippen LogP contribution in [0.2, 0.25) is 0 Å². The highest BCUT2D eigenvalue weighted by molar-refractivity contribution is 7.67. The smallest absolute Gasteiger partial charge is 0.250 e. The lowest BCUT2D eigenvalue weighted by atomic mass is 9.93. The fraction of sp³-hybridized carbons (Fsp3) is 0.417. The van der Waals surface area contributed by atoms with Crippen molar-refractivity contribution in [2.45, 2.75) is 30.8 Å². The van der Waals surface area contributed by atoms with E-state index in [2.05, 4.69) is 0 Å². The highest BCUT2D eigenvalue weighted by Crippen LogP contribution is 2.56. The second-order valence-electron chi connectivity index (χ2n) is 7.61. The number of rotatable bonds is 10. The van der Waals surface area contributed by atoms with E-state index in [1.807, 2.05) is 0 Å². The van der Waals surface area contributed by atoms with Crippen molar-refractivity contribution in [3.05, 3.63) is 41.5 Å². The van der Waals surface area contributed by atoms with Crippen LogP contribution in [-0.4, -0.2) is 52.0 Å². The number of methoxy groups -OCH3 is 5. The lowest BCUT2D eigenvalue weighted by Crippen LogP contribution is -2.34. The van der Waals surface area contributed by atoms with Crippen LogP contribution >= 0.6 is 7.80 Å². The van der Waals surface area contributed by atoms with Crippen LogP contribution in [0.3, 0.4) is 0 Å². The highest BCUT2D eigenvalue weighted by Gasteiger charge is 2.52. The number of hydrogen-bond acceptors (Lipinski definition) is 8. The molecule has 0 saturated heterocycles. The molecule has 1 unspecified atom stereocenters. The lowest BCUT2D eigenvalue weighted by molar-refractivity contribution is 0.0924. The summed E-state index contributed by atoms with van der Waals surface area (Å²) in [5.41, 5.74) is -0.469. The zero-order chi connectivity index (χ0) is 24.2. The van der Waals surface area contributed by atoms with Crippen molar-refractivity contribution >= 4 is 19.1 Å². The number of carbonyl (C=O) groups is 2. The number of carbonyl (C=O) groups excluding carboxylic acids is 2. The number of Topliss-reactive ketones (excluding diaryl/α,β-unsaturated/α-hetero) is 1. The van der Waals surface area contributed by atoms with E-state index in [0.29, 0.717) is 31.4 Å². The molecule has 0 amide bonds. The van der Waals surface area contributed by atoms with E-state index in [1.165, 1.54) is 35.5 Å². The molecule has 3 rings (SSSR count). The van der Waals surface area contributed by atoms with Gasteiger partial charge in [0.1, 0.15) is 45.0 Å². The maximum Gasteiger partial charge on any atom is 0.250 e. The molecule has 177 valence electrons. The van der Waals surface area contributed by atoms with E-state index in [9.17, 15) is 14.2 Å². The summed E-state index contributed by atoms with van der Waals surface area (Å²) in [6, 6.07) is 7.99. The Labute approximate surface area is 193 Å². The van der Waals surface area contributed by atoms with Crippen molar-refractivity contribution in [2.75, 3.05) is 35.5 Å². The average molecular weight is 475 g/mol. The summed E-state index contributed by atoms with van der Waals surface area (Å²) in [5.74, 6) is 0.937. The third-order valence-electron chi connectivity index (χ3n) is 6.01. The highest BCUT2D eigenvalue weighted by atomic mass is 31.1. The number of benzene rings is 2. The van der Waals surface area contributed by atoms with Crippen molar-refractivity contribution in [1.29, 1.82) is 0 Å². The maximum absolute atomic E-state index is 14.0. The predicted octanol–water partition coefficient (Wildman–Crippen LogP) is 4.89. The molecule has 1 saturated carbocycles. The lowest BCUT2D eigenvalue weighted by Gasteiger charge is -2.27. The first-order valence-corrected chi connectivity index (χ1v) is 11.7.